The van der Waals surface area contributed by atoms with Gasteiger partial charge in [-0.05, 0) is 0 Å². The van der Waals surface area contributed by atoms with E-state index in [1.165, 1.54) is 11.3 Å². The van der Waals surface area contributed by atoms with E-state index in [1.54, 1.807) is 12.1 Å². The van der Waals surface area contributed by atoms with Crippen LogP contribution in [-0.2, 0) is 0 Å². The van der Waals surface area contributed by atoms with E-state index in [0.717, 1.165) is 0 Å². The second-order valence-corrected chi connectivity index (χ2v) is 4.71. The van der Waals surface area contributed by atoms with Gasteiger partial charge in [0.25, 0.3) is 0 Å². The van der Waals surface area contributed by atoms with Crippen molar-refractivity contribution in [2.24, 2.45) is 0 Å². The minimum atomic E-state index is -0.00417. The van der Waals surface area contributed by atoms with Crippen LogP contribution in [0.2, 0.25) is 5.15 Å². The number of benzene rings is 1. The minimum absolute atomic E-state index is 0.00417. The molecule has 2 aromatic rings. The monoisotopic (exact) mass is 267 g/mol. The topological polar surface area (TPSA) is 68.0 Å². The van der Waals surface area contributed by atoms with Gasteiger partial charge in [0.1, 0.15) is 5.00 Å². The molecule has 0 fully saturated rings. The Morgan fingerprint density at radius 2 is 2.12 bits per heavy atom. The molecule has 0 unspecified atom stereocenters. The van der Waals surface area contributed by atoms with Gasteiger partial charge in [-0.2, -0.15) is 0 Å². The average Bonchev–Trinajstić information content (AvgIpc) is 2.67. The van der Waals surface area contributed by atoms with E-state index < -0.39 is 0 Å². The largest absolute Gasteiger partial charge is 0.388 e. The summed E-state index contributed by atoms with van der Waals surface area (Å²) in [5.74, 6) is -0.00417. The maximum atomic E-state index is 11.8. The first-order chi connectivity index (χ1) is 8.16. The van der Waals surface area contributed by atoms with Crippen molar-refractivity contribution < 1.29 is 4.79 Å². The first kappa shape index (κ1) is 11.9. The lowest BCUT2D eigenvalue weighted by Gasteiger charge is -2.01. The highest BCUT2D eigenvalue weighted by Gasteiger charge is 2.08. The molecule has 2 rings (SSSR count). The molecule has 4 nitrogen and oxygen atoms in total. The molecule has 17 heavy (non-hydrogen) atoms. The van der Waals surface area contributed by atoms with E-state index in [4.69, 9.17) is 17.3 Å². The first-order valence-electron chi connectivity index (χ1n) is 4.91. The fourth-order valence-corrected chi connectivity index (χ4v) is 2.14. The summed E-state index contributed by atoms with van der Waals surface area (Å²) in [6, 6.07) is 9.06. The van der Waals surface area contributed by atoms with E-state index in [9.17, 15) is 4.79 Å². The normalized spacial score (nSPS) is 10.2. The van der Waals surface area contributed by atoms with Gasteiger partial charge >= 0.3 is 0 Å². The summed E-state index contributed by atoms with van der Waals surface area (Å²) in [4.78, 5) is 15.7. The van der Waals surface area contributed by atoms with E-state index in [-0.39, 0.29) is 17.5 Å². The quantitative estimate of drug-likeness (QED) is 0.836. The third-order valence-corrected chi connectivity index (χ3v) is 3.35. The van der Waals surface area contributed by atoms with Gasteiger partial charge in [-0.25, -0.2) is 4.98 Å². The molecule has 0 amide bonds. The van der Waals surface area contributed by atoms with Crippen molar-refractivity contribution in [3.8, 4) is 0 Å². The Kier molecular flexibility index (Phi) is 3.61. The summed E-state index contributed by atoms with van der Waals surface area (Å²) in [5.41, 5.74) is 6.22. The second kappa shape index (κ2) is 5.16. The van der Waals surface area contributed by atoms with Gasteiger partial charge in [0.05, 0.1) is 6.54 Å². The minimum Gasteiger partial charge on any atom is -0.388 e. The average molecular weight is 268 g/mol. The van der Waals surface area contributed by atoms with Crippen molar-refractivity contribution in [2.75, 3.05) is 17.6 Å². The van der Waals surface area contributed by atoms with Gasteiger partial charge in [-0.3, -0.25) is 4.79 Å². The first-order valence-corrected chi connectivity index (χ1v) is 6.10. The van der Waals surface area contributed by atoms with E-state index >= 15 is 0 Å². The molecule has 0 aliphatic rings. The summed E-state index contributed by atoms with van der Waals surface area (Å²) < 4.78 is 0. The van der Waals surface area contributed by atoms with Gasteiger partial charge < -0.3 is 11.1 Å². The van der Waals surface area contributed by atoms with E-state index in [0.29, 0.717) is 15.7 Å². The van der Waals surface area contributed by atoms with E-state index in [1.807, 2.05) is 18.2 Å². The Morgan fingerprint density at radius 1 is 1.41 bits per heavy atom. The number of nitrogen functional groups attached to an aromatic ring is 1. The zero-order valence-corrected chi connectivity index (χ0v) is 10.4. The zero-order valence-electron chi connectivity index (χ0n) is 8.81. The number of carbonyl (C=O) groups excluding carboxylic acids is 1. The van der Waals surface area contributed by atoms with Crippen molar-refractivity contribution in [1.29, 1.82) is 0 Å². The predicted octanol–water partition coefficient (Wildman–Crippen LogP) is 2.67. The number of rotatable bonds is 4. The number of nitrogens with zero attached hydrogens (tertiary/aromatic N) is 1. The predicted molar refractivity (Wildman–Crippen MR) is 70.8 cm³/mol. The molecule has 0 saturated carbocycles. The molecule has 6 heteroatoms. The summed E-state index contributed by atoms with van der Waals surface area (Å²) >= 11 is 6.93. The Bertz CT molecular complexity index is 507. The smallest absolute Gasteiger partial charge is 0.186 e. The fourth-order valence-electron chi connectivity index (χ4n) is 1.27. The number of ketones is 1. The maximum absolute atomic E-state index is 11.8. The van der Waals surface area contributed by atoms with Crippen molar-refractivity contribution in [2.45, 2.75) is 0 Å². The standard InChI is InChI=1S/C11H10ClN3OS/c12-9-10(13)17-11(15-9)14-6-8(16)7-4-2-1-3-5-7/h1-5H,6,13H2,(H,14,15). The molecule has 1 aromatic heterocycles. The van der Waals surface area contributed by atoms with Crippen LogP contribution in [0.5, 0.6) is 0 Å². The Balaban J connectivity index is 1.97. The number of hydrogen-bond donors (Lipinski definition) is 2. The lowest BCUT2D eigenvalue weighted by molar-refractivity contribution is 0.101. The summed E-state index contributed by atoms with van der Waals surface area (Å²) in [6.45, 7) is 0.174. The SMILES string of the molecule is Nc1sc(NCC(=O)c2ccccc2)nc1Cl. The van der Waals surface area contributed by atoms with Crippen LogP contribution in [0, 0.1) is 0 Å². The molecule has 1 aromatic carbocycles. The lowest BCUT2D eigenvalue weighted by Crippen LogP contribution is -2.13. The van der Waals surface area contributed by atoms with Gasteiger partial charge in [-0.1, -0.05) is 53.3 Å². The molecule has 0 radical (unpaired) electrons. The number of hydrogen-bond acceptors (Lipinski definition) is 5. The number of nitrogens with two attached hydrogens (primary N) is 1. The Hall–Kier alpha value is -1.59. The highest BCUT2D eigenvalue weighted by molar-refractivity contribution is 7.19. The number of Topliss-reactive ketones (excluding diaryl/α,β-unsaturated/α-hetero) is 1. The molecule has 0 saturated heterocycles. The molecule has 0 aliphatic heterocycles. The number of anilines is 2. The van der Waals surface area contributed by atoms with Crippen LogP contribution in [0.4, 0.5) is 10.1 Å². The fraction of sp³-hybridized carbons (Fsp3) is 0.0909. The lowest BCUT2D eigenvalue weighted by atomic mass is 10.1. The van der Waals surface area contributed by atoms with Crippen LogP contribution in [0.15, 0.2) is 30.3 Å². The van der Waals surface area contributed by atoms with E-state index in [2.05, 4.69) is 10.3 Å². The molecular weight excluding hydrogens is 258 g/mol. The van der Waals surface area contributed by atoms with Crippen LogP contribution in [0.3, 0.4) is 0 Å². The van der Waals surface area contributed by atoms with Crippen LogP contribution in [-0.4, -0.2) is 17.3 Å². The number of carbonyl (C=O) groups is 1. The second-order valence-electron chi connectivity index (χ2n) is 3.32. The Labute approximate surface area is 107 Å². The van der Waals surface area contributed by atoms with Crippen molar-refractivity contribution in [1.82, 2.24) is 4.98 Å². The maximum Gasteiger partial charge on any atom is 0.186 e. The highest BCUT2D eigenvalue weighted by atomic mass is 35.5. The molecule has 0 bridgehead atoms. The highest BCUT2D eigenvalue weighted by Crippen LogP contribution is 2.28. The summed E-state index contributed by atoms with van der Waals surface area (Å²) in [5, 5.41) is 4.16. The van der Waals surface area contributed by atoms with Crippen molar-refractivity contribution in [3.63, 3.8) is 0 Å². The molecule has 88 valence electrons. The Morgan fingerprint density at radius 3 is 2.71 bits per heavy atom. The van der Waals surface area contributed by atoms with Crippen LogP contribution in [0.1, 0.15) is 10.4 Å². The number of halogens is 1. The number of thiazole rings is 1. The van der Waals surface area contributed by atoms with Gasteiger partial charge in [0.15, 0.2) is 16.1 Å². The number of aromatic nitrogens is 1. The molecule has 1 heterocycles. The van der Waals surface area contributed by atoms with Gasteiger partial charge in [0, 0.05) is 5.56 Å². The van der Waals surface area contributed by atoms with Gasteiger partial charge in [0.2, 0.25) is 0 Å². The molecular formula is C11H10ClN3OS. The van der Waals surface area contributed by atoms with Crippen LogP contribution < -0.4 is 11.1 Å². The van der Waals surface area contributed by atoms with Gasteiger partial charge in [-0.15, -0.1) is 0 Å². The molecule has 3 N–H and O–H groups in total. The third kappa shape index (κ3) is 2.95. The van der Waals surface area contributed by atoms with Crippen molar-refractivity contribution >= 4 is 38.9 Å². The van der Waals surface area contributed by atoms with Crippen LogP contribution >= 0.6 is 22.9 Å². The van der Waals surface area contributed by atoms with Crippen LogP contribution in [0.25, 0.3) is 0 Å². The summed E-state index contributed by atoms with van der Waals surface area (Å²) in [6.07, 6.45) is 0. The summed E-state index contributed by atoms with van der Waals surface area (Å²) in [7, 11) is 0. The zero-order chi connectivity index (χ0) is 12.3. The van der Waals surface area contributed by atoms with Crippen molar-refractivity contribution in [3.05, 3.63) is 41.0 Å². The third-order valence-electron chi connectivity index (χ3n) is 2.11. The number of nitrogens with one attached hydrogen (secondary N) is 1. The molecule has 0 aliphatic carbocycles. The molecule has 0 spiro atoms. The molecule has 0 atom stereocenters.